The van der Waals surface area contributed by atoms with Crippen LogP contribution in [-0.2, 0) is 6.42 Å². The lowest BCUT2D eigenvalue weighted by Gasteiger charge is -2.13. The summed E-state index contributed by atoms with van der Waals surface area (Å²) in [6, 6.07) is 4.07. The van der Waals surface area contributed by atoms with Gasteiger partial charge in [-0.1, -0.05) is 36.1 Å². The molecule has 2 heterocycles. The zero-order chi connectivity index (χ0) is 15.2. The highest BCUT2D eigenvalue weighted by molar-refractivity contribution is 8.06. The Morgan fingerprint density at radius 3 is 2.90 bits per heavy atom. The van der Waals surface area contributed by atoms with Crippen LogP contribution in [0, 0.1) is 0 Å². The van der Waals surface area contributed by atoms with Crippen LogP contribution >= 0.6 is 24.0 Å². The van der Waals surface area contributed by atoms with E-state index >= 15 is 0 Å². The Balaban J connectivity index is 2.38. The van der Waals surface area contributed by atoms with E-state index in [1.165, 1.54) is 15.4 Å². The molecule has 0 saturated carbocycles. The average Bonchev–Trinajstić information content (AvgIpc) is 2.54. The van der Waals surface area contributed by atoms with E-state index in [2.05, 4.69) is 31.0 Å². The fourth-order valence-electron chi connectivity index (χ4n) is 2.24. The second kappa shape index (κ2) is 7.57. The fraction of sp³-hybridized carbons (Fsp3) is 0.294. The third-order valence-electron chi connectivity index (χ3n) is 3.47. The molecule has 110 valence electrons. The van der Waals surface area contributed by atoms with Crippen molar-refractivity contribution < 1.29 is 0 Å². The summed E-state index contributed by atoms with van der Waals surface area (Å²) >= 11 is 7.44. The molecule has 0 radical (unpaired) electrons. The minimum Gasteiger partial charge on any atom is -0.404 e. The Bertz CT molecular complexity index is 613. The largest absolute Gasteiger partial charge is 0.404 e. The molecule has 2 rings (SSSR count). The Morgan fingerprint density at radius 1 is 1.43 bits per heavy atom. The molecule has 1 aromatic heterocycles. The van der Waals surface area contributed by atoms with E-state index in [4.69, 9.17) is 18.0 Å². The highest BCUT2D eigenvalue weighted by Gasteiger charge is 2.15. The van der Waals surface area contributed by atoms with Crippen LogP contribution in [0.15, 0.2) is 57.8 Å². The summed E-state index contributed by atoms with van der Waals surface area (Å²) in [6.07, 6.45) is 10.4. The summed E-state index contributed by atoms with van der Waals surface area (Å²) in [5.41, 5.74) is 9.18. The number of nitrogens with zero attached hydrogens (tertiary/aromatic N) is 1. The van der Waals surface area contributed by atoms with Crippen LogP contribution in [0.2, 0.25) is 0 Å². The van der Waals surface area contributed by atoms with Crippen LogP contribution in [0.25, 0.3) is 0 Å². The van der Waals surface area contributed by atoms with Crippen molar-refractivity contribution in [2.75, 3.05) is 0 Å². The maximum atomic E-state index is 5.75. The minimum atomic E-state index is 0.855. The number of thiocarbonyl (C=S) groups is 1. The number of nitrogens with two attached hydrogens (primary N) is 1. The molecule has 0 saturated heterocycles. The third-order valence-corrected chi connectivity index (χ3v) is 5.22. The number of thioether (sulfide) groups is 1. The first-order chi connectivity index (χ1) is 10.1. The third kappa shape index (κ3) is 4.29. The van der Waals surface area contributed by atoms with Gasteiger partial charge in [0, 0.05) is 23.7 Å². The maximum Gasteiger partial charge on any atom is 0.0460 e. The second-order valence-corrected chi connectivity index (χ2v) is 6.81. The van der Waals surface area contributed by atoms with E-state index in [0.717, 1.165) is 35.3 Å². The highest BCUT2D eigenvalue weighted by Crippen LogP contribution is 2.34. The fourth-order valence-corrected chi connectivity index (χ4v) is 3.68. The summed E-state index contributed by atoms with van der Waals surface area (Å²) in [7, 11) is 0. The molecule has 0 aromatic carbocycles. The second-order valence-electron chi connectivity index (χ2n) is 5.06. The van der Waals surface area contributed by atoms with Gasteiger partial charge in [-0.2, -0.15) is 0 Å². The SMILES string of the molecule is C/C1=C\CCC(=CN)C(=S)/C(C)=C(\Cc2cccnc2)S1. The van der Waals surface area contributed by atoms with Crippen molar-refractivity contribution in [3.63, 3.8) is 0 Å². The molecular formula is C17H20N2S2. The Labute approximate surface area is 136 Å². The van der Waals surface area contributed by atoms with E-state index in [1.54, 1.807) is 12.4 Å². The number of hydrogen-bond donors (Lipinski definition) is 1. The van der Waals surface area contributed by atoms with E-state index in [0.29, 0.717) is 0 Å². The van der Waals surface area contributed by atoms with Crippen LogP contribution in [0.5, 0.6) is 0 Å². The van der Waals surface area contributed by atoms with Gasteiger partial charge in [0.15, 0.2) is 0 Å². The zero-order valence-electron chi connectivity index (χ0n) is 12.4. The van der Waals surface area contributed by atoms with Crippen molar-refractivity contribution in [3.8, 4) is 0 Å². The molecule has 2 nitrogen and oxygen atoms in total. The van der Waals surface area contributed by atoms with Gasteiger partial charge in [-0.15, -0.1) is 0 Å². The Hall–Kier alpha value is -1.39. The van der Waals surface area contributed by atoms with Crippen LogP contribution in [0.4, 0.5) is 0 Å². The minimum absolute atomic E-state index is 0.855. The molecule has 1 aliphatic rings. The Kier molecular flexibility index (Phi) is 5.76. The molecule has 0 spiro atoms. The lowest BCUT2D eigenvalue weighted by Crippen LogP contribution is -2.06. The summed E-state index contributed by atoms with van der Waals surface area (Å²) < 4.78 is 0. The number of rotatable bonds is 2. The van der Waals surface area contributed by atoms with Gasteiger partial charge in [0.2, 0.25) is 0 Å². The normalized spacial score (nSPS) is 25.0. The van der Waals surface area contributed by atoms with Gasteiger partial charge in [0.05, 0.1) is 0 Å². The molecule has 21 heavy (non-hydrogen) atoms. The van der Waals surface area contributed by atoms with Crippen LogP contribution in [-0.4, -0.2) is 9.85 Å². The smallest absolute Gasteiger partial charge is 0.0460 e. The van der Waals surface area contributed by atoms with Crippen molar-refractivity contribution in [3.05, 3.63) is 63.3 Å². The summed E-state index contributed by atoms with van der Waals surface area (Å²) in [5, 5.41) is 0. The molecule has 0 fully saturated rings. The lowest BCUT2D eigenvalue weighted by molar-refractivity contribution is 1.01. The van der Waals surface area contributed by atoms with Crippen molar-refractivity contribution in [2.24, 2.45) is 5.73 Å². The van der Waals surface area contributed by atoms with Gasteiger partial charge in [-0.25, -0.2) is 0 Å². The summed E-state index contributed by atoms with van der Waals surface area (Å²) in [6.45, 7) is 4.25. The molecule has 1 aromatic rings. The first kappa shape index (κ1) is 16.0. The summed E-state index contributed by atoms with van der Waals surface area (Å²) in [5.74, 6) is 0. The molecule has 0 atom stereocenters. The molecule has 0 unspecified atom stereocenters. The van der Waals surface area contributed by atoms with Gasteiger partial charge >= 0.3 is 0 Å². The van der Waals surface area contributed by atoms with Crippen molar-refractivity contribution in [2.45, 2.75) is 33.1 Å². The van der Waals surface area contributed by atoms with Crippen LogP contribution < -0.4 is 5.73 Å². The number of hydrogen-bond acceptors (Lipinski definition) is 4. The van der Waals surface area contributed by atoms with E-state index in [9.17, 15) is 0 Å². The van der Waals surface area contributed by atoms with Gasteiger partial charge < -0.3 is 5.73 Å². The highest BCUT2D eigenvalue weighted by atomic mass is 32.2. The average molecular weight is 316 g/mol. The first-order valence-corrected chi connectivity index (χ1v) is 8.23. The molecule has 1 aliphatic heterocycles. The summed E-state index contributed by atoms with van der Waals surface area (Å²) in [4.78, 5) is 7.68. The molecule has 0 amide bonds. The van der Waals surface area contributed by atoms with E-state index in [-0.39, 0.29) is 0 Å². The number of aromatic nitrogens is 1. The zero-order valence-corrected chi connectivity index (χ0v) is 14.1. The number of allylic oxidation sites excluding steroid dienone is 5. The quantitative estimate of drug-likeness (QED) is 0.642. The van der Waals surface area contributed by atoms with Gasteiger partial charge in [0.1, 0.15) is 0 Å². The van der Waals surface area contributed by atoms with Crippen LogP contribution in [0.3, 0.4) is 0 Å². The molecule has 0 aliphatic carbocycles. The monoisotopic (exact) mass is 316 g/mol. The Morgan fingerprint density at radius 2 is 2.24 bits per heavy atom. The number of pyridine rings is 1. The van der Waals surface area contributed by atoms with Gasteiger partial charge in [0.25, 0.3) is 0 Å². The van der Waals surface area contributed by atoms with Gasteiger partial charge in [-0.05, 0) is 65.5 Å². The molecular weight excluding hydrogens is 296 g/mol. The van der Waals surface area contributed by atoms with E-state index < -0.39 is 0 Å². The predicted molar refractivity (Wildman–Crippen MR) is 96.1 cm³/mol. The van der Waals surface area contributed by atoms with E-state index in [1.807, 2.05) is 24.0 Å². The van der Waals surface area contributed by atoms with Crippen molar-refractivity contribution in [1.29, 1.82) is 0 Å². The molecule has 0 bridgehead atoms. The topological polar surface area (TPSA) is 38.9 Å². The van der Waals surface area contributed by atoms with Crippen molar-refractivity contribution >= 4 is 28.8 Å². The predicted octanol–water partition coefficient (Wildman–Crippen LogP) is 4.54. The standard InChI is InChI=1S/C17H20N2S2/c1-12-5-3-7-15(10-18)17(20)13(2)16(21-12)9-14-6-4-8-19-11-14/h4-6,8,10-11H,3,7,9,18H2,1-2H3/b12-5+,15-10?,16-13+. The lowest BCUT2D eigenvalue weighted by atomic mass is 10.0. The first-order valence-electron chi connectivity index (χ1n) is 7.00. The van der Waals surface area contributed by atoms with Crippen LogP contribution in [0.1, 0.15) is 32.3 Å². The maximum absolute atomic E-state index is 5.75. The van der Waals surface area contributed by atoms with Gasteiger partial charge in [-0.3, -0.25) is 4.98 Å². The molecule has 2 N–H and O–H groups in total. The molecule has 4 heteroatoms. The van der Waals surface area contributed by atoms with Crippen molar-refractivity contribution in [1.82, 2.24) is 4.98 Å².